The normalized spacial score (nSPS) is 16.4. The molecule has 148 valence electrons. The Morgan fingerprint density at radius 3 is 2.83 bits per heavy atom. The monoisotopic (exact) mass is 391 g/mol. The first-order valence-electron chi connectivity index (χ1n) is 9.23. The van der Waals surface area contributed by atoms with E-state index >= 15 is 0 Å². The molecule has 0 amide bonds. The average Bonchev–Trinajstić information content (AvgIpc) is 3.37. The molecule has 2 aromatic heterocycles. The number of ether oxygens (including phenoxy) is 2. The Hall–Kier alpha value is -3.64. The lowest BCUT2D eigenvalue weighted by molar-refractivity contribution is 0.207. The van der Waals surface area contributed by atoms with E-state index in [0.29, 0.717) is 17.4 Å². The van der Waals surface area contributed by atoms with Crippen molar-refractivity contribution in [3.8, 4) is 28.8 Å². The molecule has 1 aliphatic rings. The summed E-state index contributed by atoms with van der Waals surface area (Å²) in [6, 6.07) is 9.57. The number of likely N-dealkylation sites (tertiary alicyclic amines) is 1. The smallest absolute Gasteiger partial charge is 0.158 e. The van der Waals surface area contributed by atoms with Gasteiger partial charge in [-0.2, -0.15) is 10.4 Å². The van der Waals surface area contributed by atoms with Crippen LogP contribution in [0.3, 0.4) is 0 Å². The molecule has 1 aliphatic heterocycles. The number of likely N-dealkylation sites (N-methyl/N-ethyl adjacent to an activating group) is 1. The fourth-order valence-electron chi connectivity index (χ4n) is 3.26. The van der Waals surface area contributed by atoms with E-state index in [-0.39, 0.29) is 11.8 Å². The third kappa shape index (κ3) is 4.28. The van der Waals surface area contributed by atoms with E-state index < -0.39 is 0 Å². The predicted octanol–water partition coefficient (Wildman–Crippen LogP) is 2.57. The fourth-order valence-corrected chi connectivity index (χ4v) is 3.26. The number of aromatic nitrogens is 4. The number of rotatable bonds is 6. The molecule has 0 spiro atoms. The Bertz CT molecular complexity index is 1030. The van der Waals surface area contributed by atoms with Gasteiger partial charge in [0.1, 0.15) is 29.5 Å². The number of hydrogen-bond donors (Lipinski definition) is 2. The van der Waals surface area contributed by atoms with Crippen molar-refractivity contribution in [2.45, 2.75) is 12.5 Å². The van der Waals surface area contributed by atoms with Crippen LogP contribution >= 0.6 is 0 Å². The summed E-state index contributed by atoms with van der Waals surface area (Å²) in [5.74, 6) is 2.56. The average molecular weight is 391 g/mol. The molecular weight excluding hydrogens is 370 g/mol. The number of nitrogens with one attached hydrogen (secondary N) is 2. The summed E-state index contributed by atoms with van der Waals surface area (Å²) in [6.45, 7) is 1.98. The number of aromatic amines is 1. The van der Waals surface area contributed by atoms with Gasteiger partial charge >= 0.3 is 0 Å². The van der Waals surface area contributed by atoms with E-state index in [4.69, 9.17) is 14.7 Å². The maximum Gasteiger partial charge on any atom is 0.158 e. The van der Waals surface area contributed by atoms with Crippen LogP contribution in [0.2, 0.25) is 0 Å². The second-order valence-electron chi connectivity index (χ2n) is 6.84. The van der Waals surface area contributed by atoms with Crippen LogP contribution in [-0.2, 0) is 0 Å². The maximum atomic E-state index is 8.79. The van der Waals surface area contributed by atoms with Crippen LogP contribution in [-0.4, -0.2) is 58.4 Å². The molecule has 4 rings (SSSR count). The molecule has 0 radical (unpaired) electrons. The van der Waals surface area contributed by atoms with Crippen molar-refractivity contribution in [3.05, 3.63) is 42.4 Å². The Morgan fingerprint density at radius 1 is 1.24 bits per heavy atom. The number of anilines is 2. The standard InChI is InChI=1S/C20H21N7O2/c1-27-6-5-15(12-27)29-14-3-4-16(18(7-14)28-2)17-8-19(26-25-17)24-20-11-22-13(9-21)10-23-20/h3-4,7-8,10-11,15H,5-6,12H2,1-2H3,(H2,23,24,25,26). The third-order valence-corrected chi connectivity index (χ3v) is 4.71. The molecule has 0 saturated carbocycles. The number of methoxy groups -OCH3 is 1. The minimum Gasteiger partial charge on any atom is -0.496 e. The van der Waals surface area contributed by atoms with E-state index in [1.165, 1.54) is 12.4 Å². The maximum absolute atomic E-state index is 8.79. The van der Waals surface area contributed by atoms with E-state index in [2.05, 4.69) is 37.4 Å². The summed E-state index contributed by atoms with van der Waals surface area (Å²) in [4.78, 5) is 10.4. The molecule has 29 heavy (non-hydrogen) atoms. The number of H-pyrrole nitrogens is 1. The van der Waals surface area contributed by atoms with Gasteiger partial charge < -0.3 is 19.7 Å². The summed E-state index contributed by atoms with van der Waals surface area (Å²) in [5.41, 5.74) is 1.92. The first-order chi connectivity index (χ1) is 14.1. The van der Waals surface area contributed by atoms with Crippen molar-refractivity contribution in [2.24, 2.45) is 0 Å². The summed E-state index contributed by atoms with van der Waals surface area (Å²) in [6.07, 6.45) is 4.11. The highest BCUT2D eigenvalue weighted by Gasteiger charge is 2.21. The number of nitriles is 1. The zero-order chi connectivity index (χ0) is 20.2. The molecular formula is C20H21N7O2. The SMILES string of the molecule is COc1cc(OC2CCN(C)C2)ccc1-c1cc(Nc2cnc(C#N)cn2)n[nH]1. The quantitative estimate of drug-likeness (QED) is 0.659. The molecule has 1 aromatic carbocycles. The summed E-state index contributed by atoms with van der Waals surface area (Å²) >= 11 is 0. The van der Waals surface area contributed by atoms with Crippen LogP contribution < -0.4 is 14.8 Å². The molecule has 9 heteroatoms. The zero-order valence-corrected chi connectivity index (χ0v) is 16.2. The molecule has 3 heterocycles. The summed E-state index contributed by atoms with van der Waals surface area (Å²) < 4.78 is 11.7. The highest BCUT2D eigenvalue weighted by atomic mass is 16.5. The van der Waals surface area contributed by atoms with Crippen molar-refractivity contribution in [1.29, 1.82) is 5.26 Å². The van der Waals surface area contributed by atoms with Crippen LogP contribution in [0.5, 0.6) is 11.5 Å². The van der Waals surface area contributed by atoms with Gasteiger partial charge in [-0.15, -0.1) is 0 Å². The molecule has 1 atom stereocenters. The Kier molecular flexibility index (Phi) is 5.27. The molecule has 0 aliphatic carbocycles. The molecule has 1 fully saturated rings. The minimum absolute atomic E-state index is 0.201. The minimum atomic E-state index is 0.201. The lowest BCUT2D eigenvalue weighted by atomic mass is 10.1. The van der Waals surface area contributed by atoms with Gasteiger partial charge in [0.25, 0.3) is 0 Å². The first-order valence-corrected chi connectivity index (χ1v) is 9.23. The molecule has 0 bridgehead atoms. The van der Waals surface area contributed by atoms with Gasteiger partial charge in [0, 0.05) is 30.8 Å². The van der Waals surface area contributed by atoms with Gasteiger partial charge in [0.2, 0.25) is 0 Å². The second-order valence-corrected chi connectivity index (χ2v) is 6.84. The summed E-state index contributed by atoms with van der Waals surface area (Å²) in [7, 11) is 3.73. The largest absolute Gasteiger partial charge is 0.496 e. The van der Waals surface area contributed by atoms with Crippen molar-refractivity contribution >= 4 is 11.6 Å². The highest BCUT2D eigenvalue weighted by molar-refractivity contribution is 5.71. The zero-order valence-electron chi connectivity index (χ0n) is 16.2. The Morgan fingerprint density at radius 2 is 2.14 bits per heavy atom. The van der Waals surface area contributed by atoms with Gasteiger partial charge in [-0.3, -0.25) is 5.10 Å². The van der Waals surface area contributed by atoms with E-state index in [9.17, 15) is 0 Å². The van der Waals surface area contributed by atoms with Gasteiger partial charge in [0.05, 0.1) is 25.2 Å². The van der Waals surface area contributed by atoms with Crippen LogP contribution in [0.4, 0.5) is 11.6 Å². The molecule has 9 nitrogen and oxygen atoms in total. The Labute approximate surface area is 168 Å². The third-order valence-electron chi connectivity index (χ3n) is 4.71. The highest BCUT2D eigenvalue weighted by Crippen LogP contribution is 2.34. The van der Waals surface area contributed by atoms with Crippen LogP contribution in [0.1, 0.15) is 12.1 Å². The first kappa shape index (κ1) is 18.7. The van der Waals surface area contributed by atoms with Crippen LogP contribution in [0.15, 0.2) is 36.7 Å². The van der Waals surface area contributed by atoms with Crippen LogP contribution in [0.25, 0.3) is 11.3 Å². The second kappa shape index (κ2) is 8.16. The Balaban J connectivity index is 1.49. The molecule has 3 aromatic rings. The number of benzene rings is 1. The van der Waals surface area contributed by atoms with Gasteiger partial charge in [-0.25, -0.2) is 9.97 Å². The molecule has 1 saturated heterocycles. The van der Waals surface area contributed by atoms with Crippen molar-refractivity contribution in [2.75, 3.05) is 32.6 Å². The lowest BCUT2D eigenvalue weighted by Gasteiger charge is -2.15. The topological polar surface area (TPSA) is 112 Å². The van der Waals surface area contributed by atoms with Gasteiger partial charge in [0.15, 0.2) is 11.5 Å². The summed E-state index contributed by atoms with van der Waals surface area (Å²) in [5, 5.41) is 19.1. The predicted molar refractivity (Wildman–Crippen MR) is 107 cm³/mol. The van der Waals surface area contributed by atoms with E-state index in [1.807, 2.05) is 30.3 Å². The van der Waals surface area contributed by atoms with Gasteiger partial charge in [-0.05, 0) is 25.6 Å². The number of hydrogen-bond acceptors (Lipinski definition) is 8. The van der Waals surface area contributed by atoms with Crippen molar-refractivity contribution in [3.63, 3.8) is 0 Å². The molecule has 1 unspecified atom stereocenters. The lowest BCUT2D eigenvalue weighted by Crippen LogP contribution is -2.21. The van der Waals surface area contributed by atoms with Gasteiger partial charge in [-0.1, -0.05) is 0 Å². The fraction of sp³-hybridized carbons (Fsp3) is 0.300. The number of nitrogens with zero attached hydrogens (tertiary/aromatic N) is 5. The van der Waals surface area contributed by atoms with E-state index in [1.54, 1.807) is 7.11 Å². The van der Waals surface area contributed by atoms with Crippen molar-refractivity contribution < 1.29 is 9.47 Å². The van der Waals surface area contributed by atoms with Crippen LogP contribution in [0, 0.1) is 11.3 Å². The van der Waals surface area contributed by atoms with Crippen molar-refractivity contribution in [1.82, 2.24) is 25.1 Å². The molecule has 2 N–H and O–H groups in total. The van der Waals surface area contributed by atoms with E-state index in [0.717, 1.165) is 36.5 Å².